The molecule has 2 saturated heterocycles. The molecular weight excluding hydrogens is 326 g/mol. The van der Waals surface area contributed by atoms with Gasteiger partial charge in [-0.15, -0.1) is 0 Å². The van der Waals surface area contributed by atoms with Crippen LogP contribution < -0.4 is 14.8 Å². The summed E-state index contributed by atoms with van der Waals surface area (Å²) in [6.45, 7) is 0.425. The molecule has 2 aliphatic heterocycles. The molecular formula is C18H23NO6. The number of amides is 1. The van der Waals surface area contributed by atoms with Crippen molar-refractivity contribution in [3.63, 3.8) is 0 Å². The Bertz CT molecular complexity index is 661. The fourth-order valence-electron chi connectivity index (χ4n) is 3.81. The number of rotatable bonds is 7. The van der Waals surface area contributed by atoms with E-state index in [1.165, 1.54) is 0 Å². The molecule has 1 aromatic carbocycles. The molecule has 2 N–H and O–H groups in total. The number of carbonyl (C=O) groups excluding carboxylic acids is 1. The molecule has 25 heavy (non-hydrogen) atoms. The summed E-state index contributed by atoms with van der Waals surface area (Å²) in [5.74, 6) is -1.23. The first-order valence-corrected chi connectivity index (χ1v) is 8.42. The summed E-state index contributed by atoms with van der Waals surface area (Å²) < 4.78 is 16.1. The van der Waals surface area contributed by atoms with E-state index >= 15 is 0 Å². The molecule has 0 radical (unpaired) electrons. The molecule has 2 aliphatic rings. The molecule has 2 bridgehead atoms. The third-order valence-corrected chi connectivity index (χ3v) is 5.02. The van der Waals surface area contributed by atoms with Gasteiger partial charge >= 0.3 is 5.97 Å². The lowest BCUT2D eigenvalue weighted by Crippen LogP contribution is -2.44. The van der Waals surface area contributed by atoms with E-state index in [0.29, 0.717) is 24.5 Å². The Morgan fingerprint density at radius 3 is 2.48 bits per heavy atom. The summed E-state index contributed by atoms with van der Waals surface area (Å²) in [6, 6.07) is 5.60. The lowest BCUT2D eigenvalue weighted by atomic mass is 9.78. The number of hydrogen-bond acceptors (Lipinski definition) is 5. The van der Waals surface area contributed by atoms with Gasteiger partial charge in [-0.25, -0.2) is 0 Å². The largest absolute Gasteiger partial charge is 0.493 e. The SMILES string of the molecule is COc1ccc(CCNC(=O)[C@H]2[C@@H](C(=O)O)[C@@H]3CC[C@H]2O3)cc1OC. The molecule has 0 aromatic heterocycles. The van der Waals surface area contributed by atoms with Crippen molar-refractivity contribution in [1.82, 2.24) is 5.32 Å². The van der Waals surface area contributed by atoms with Crippen LogP contribution >= 0.6 is 0 Å². The Hall–Kier alpha value is -2.28. The second-order valence-corrected chi connectivity index (χ2v) is 6.41. The maximum absolute atomic E-state index is 12.5. The van der Waals surface area contributed by atoms with Gasteiger partial charge in [-0.1, -0.05) is 6.07 Å². The van der Waals surface area contributed by atoms with Crippen LogP contribution in [0.4, 0.5) is 0 Å². The summed E-state index contributed by atoms with van der Waals surface area (Å²) in [4.78, 5) is 23.9. The maximum atomic E-state index is 12.5. The van der Waals surface area contributed by atoms with Crippen LogP contribution in [0.1, 0.15) is 18.4 Å². The van der Waals surface area contributed by atoms with Gasteiger partial charge in [0.2, 0.25) is 5.91 Å². The van der Waals surface area contributed by atoms with Gasteiger partial charge in [-0.2, -0.15) is 0 Å². The molecule has 0 unspecified atom stereocenters. The first-order valence-electron chi connectivity index (χ1n) is 8.42. The smallest absolute Gasteiger partial charge is 0.310 e. The number of methoxy groups -OCH3 is 2. The molecule has 1 amide bonds. The Labute approximate surface area is 146 Å². The van der Waals surface area contributed by atoms with Crippen LogP contribution in [0.2, 0.25) is 0 Å². The van der Waals surface area contributed by atoms with Crippen molar-refractivity contribution in [3.05, 3.63) is 23.8 Å². The molecule has 0 saturated carbocycles. The van der Waals surface area contributed by atoms with Crippen LogP contribution in [-0.2, 0) is 20.7 Å². The first-order chi connectivity index (χ1) is 12.0. The molecule has 0 aliphatic carbocycles. The summed E-state index contributed by atoms with van der Waals surface area (Å²) in [5.41, 5.74) is 0.997. The molecule has 1 aromatic rings. The quantitative estimate of drug-likeness (QED) is 0.769. The number of carbonyl (C=O) groups is 2. The van der Waals surface area contributed by atoms with Crippen LogP contribution in [0.5, 0.6) is 11.5 Å². The lowest BCUT2D eigenvalue weighted by molar-refractivity contribution is -0.147. The number of carboxylic acids is 1. The number of ether oxygens (including phenoxy) is 3. The number of fused-ring (bicyclic) bond motifs is 2. The van der Waals surface area contributed by atoms with E-state index in [-0.39, 0.29) is 18.1 Å². The van der Waals surface area contributed by atoms with Crippen molar-refractivity contribution in [2.45, 2.75) is 31.5 Å². The molecule has 7 heteroatoms. The third kappa shape index (κ3) is 3.42. The molecule has 3 rings (SSSR count). The molecule has 136 valence electrons. The predicted molar refractivity (Wildman–Crippen MR) is 88.8 cm³/mol. The van der Waals surface area contributed by atoms with Crippen molar-refractivity contribution in [1.29, 1.82) is 0 Å². The summed E-state index contributed by atoms with van der Waals surface area (Å²) >= 11 is 0. The third-order valence-electron chi connectivity index (χ3n) is 5.02. The van der Waals surface area contributed by atoms with Crippen molar-refractivity contribution in [3.8, 4) is 11.5 Å². The number of hydrogen-bond donors (Lipinski definition) is 2. The van der Waals surface area contributed by atoms with E-state index in [1.807, 2.05) is 18.2 Å². The Balaban J connectivity index is 1.57. The summed E-state index contributed by atoms with van der Waals surface area (Å²) in [6.07, 6.45) is 1.49. The van der Waals surface area contributed by atoms with E-state index in [2.05, 4.69) is 5.32 Å². The average Bonchev–Trinajstić information content (AvgIpc) is 3.22. The van der Waals surface area contributed by atoms with Gasteiger partial charge in [-0.3, -0.25) is 9.59 Å². The van der Waals surface area contributed by atoms with Gasteiger partial charge in [0.05, 0.1) is 38.3 Å². The molecule has 2 fully saturated rings. The summed E-state index contributed by atoms with van der Waals surface area (Å²) in [5, 5.41) is 12.2. The fraction of sp³-hybridized carbons (Fsp3) is 0.556. The van der Waals surface area contributed by atoms with Gasteiger partial charge in [0.1, 0.15) is 0 Å². The minimum atomic E-state index is -0.952. The Morgan fingerprint density at radius 1 is 1.16 bits per heavy atom. The van der Waals surface area contributed by atoms with Crippen LogP contribution in [-0.4, -0.2) is 50.0 Å². The number of benzene rings is 1. The van der Waals surface area contributed by atoms with Gasteiger partial charge in [0, 0.05) is 6.54 Å². The van der Waals surface area contributed by atoms with E-state index in [9.17, 15) is 14.7 Å². The average molecular weight is 349 g/mol. The molecule has 2 heterocycles. The van der Waals surface area contributed by atoms with Crippen molar-refractivity contribution in [2.24, 2.45) is 11.8 Å². The van der Waals surface area contributed by atoms with Gasteiger partial charge < -0.3 is 24.6 Å². The maximum Gasteiger partial charge on any atom is 0.310 e. The van der Waals surface area contributed by atoms with E-state index in [4.69, 9.17) is 14.2 Å². The zero-order chi connectivity index (χ0) is 18.0. The topological polar surface area (TPSA) is 94.1 Å². The number of aliphatic carboxylic acids is 1. The van der Waals surface area contributed by atoms with Crippen molar-refractivity contribution >= 4 is 11.9 Å². The predicted octanol–water partition coefficient (Wildman–Crippen LogP) is 1.24. The highest BCUT2D eigenvalue weighted by atomic mass is 16.5. The van der Waals surface area contributed by atoms with Crippen LogP contribution in [0.3, 0.4) is 0 Å². The van der Waals surface area contributed by atoms with Crippen LogP contribution in [0.15, 0.2) is 18.2 Å². The molecule has 4 atom stereocenters. The highest BCUT2D eigenvalue weighted by Gasteiger charge is 2.55. The van der Waals surface area contributed by atoms with E-state index < -0.39 is 17.8 Å². The minimum absolute atomic E-state index is 0.236. The Kier molecular flexibility index (Phi) is 5.13. The second kappa shape index (κ2) is 7.31. The fourth-order valence-corrected chi connectivity index (χ4v) is 3.81. The second-order valence-electron chi connectivity index (χ2n) is 6.41. The minimum Gasteiger partial charge on any atom is -0.493 e. The number of carboxylic acid groups (broad SMARTS) is 1. The summed E-state index contributed by atoms with van der Waals surface area (Å²) in [7, 11) is 3.15. The van der Waals surface area contributed by atoms with Crippen molar-refractivity contribution in [2.75, 3.05) is 20.8 Å². The zero-order valence-corrected chi connectivity index (χ0v) is 14.4. The van der Waals surface area contributed by atoms with E-state index in [0.717, 1.165) is 18.4 Å². The van der Waals surface area contributed by atoms with Gasteiger partial charge in [0.15, 0.2) is 11.5 Å². The highest BCUT2D eigenvalue weighted by molar-refractivity contribution is 5.86. The molecule has 7 nitrogen and oxygen atoms in total. The van der Waals surface area contributed by atoms with E-state index in [1.54, 1.807) is 14.2 Å². The lowest BCUT2D eigenvalue weighted by Gasteiger charge is -2.23. The van der Waals surface area contributed by atoms with Crippen molar-refractivity contribution < 1.29 is 28.9 Å². The molecule has 0 spiro atoms. The Morgan fingerprint density at radius 2 is 1.84 bits per heavy atom. The normalized spacial score (nSPS) is 27.1. The zero-order valence-electron chi connectivity index (χ0n) is 14.4. The number of nitrogens with one attached hydrogen (secondary N) is 1. The van der Waals surface area contributed by atoms with Gasteiger partial charge in [0.25, 0.3) is 0 Å². The monoisotopic (exact) mass is 349 g/mol. The highest BCUT2D eigenvalue weighted by Crippen LogP contribution is 2.43. The van der Waals surface area contributed by atoms with Gasteiger partial charge in [-0.05, 0) is 37.0 Å². The first kappa shape index (κ1) is 17.5. The standard InChI is InChI=1S/C18H23NO6/c1-23-11-4-3-10(9-14(11)24-2)7-8-19-17(20)15-12-5-6-13(25-12)16(15)18(21)22/h3-4,9,12-13,15-16H,5-8H2,1-2H3,(H,19,20)(H,21,22)/t12-,13+,15-,16+/m1/s1. The van der Waals surface area contributed by atoms with Crippen LogP contribution in [0.25, 0.3) is 0 Å². The van der Waals surface area contributed by atoms with Crippen LogP contribution in [0, 0.1) is 11.8 Å².